The molecule has 1 aliphatic rings. The van der Waals surface area contributed by atoms with Gasteiger partial charge in [0, 0.05) is 57.0 Å². The lowest BCUT2D eigenvalue weighted by Gasteiger charge is -2.34. The highest BCUT2D eigenvalue weighted by Crippen LogP contribution is 2.26. The molecule has 0 unspecified atom stereocenters. The summed E-state index contributed by atoms with van der Waals surface area (Å²) in [6.45, 7) is 11.0. The lowest BCUT2D eigenvalue weighted by atomic mass is 10.0. The van der Waals surface area contributed by atoms with Gasteiger partial charge in [0.15, 0.2) is 0 Å². The lowest BCUT2D eigenvalue weighted by Crippen LogP contribution is -2.47. The normalized spacial score (nSPS) is 14.8. The van der Waals surface area contributed by atoms with E-state index in [9.17, 15) is 4.79 Å². The summed E-state index contributed by atoms with van der Waals surface area (Å²) in [5.74, 6) is 0.168. The molecular formula is C25H30N4O. The van der Waals surface area contributed by atoms with Crippen LogP contribution in [0.25, 0.3) is 11.3 Å². The Morgan fingerprint density at radius 3 is 2.33 bits per heavy atom. The molecular weight excluding hydrogens is 372 g/mol. The minimum atomic E-state index is 0.168. The molecule has 30 heavy (non-hydrogen) atoms. The molecule has 0 aliphatic carbocycles. The van der Waals surface area contributed by atoms with Crippen LogP contribution < -0.4 is 0 Å². The molecule has 1 aromatic heterocycles. The third-order valence-electron chi connectivity index (χ3n) is 6.02. The summed E-state index contributed by atoms with van der Waals surface area (Å²) in [5.41, 5.74) is 7.29. The summed E-state index contributed by atoms with van der Waals surface area (Å²) < 4.78 is 2.06. The molecule has 0 atom stereocenters. The first-order valence-electron chi connectivity index (χ1n) is 10.7. The predicted molar refractivity (Wildman–Crippen MR) is 120 cm³/mol. The maximum Gasteiger partial charge on any atom is 0.219 e. The van der Waals surface area contributed by atoms with Gasteiger partial charge in [0.05, 0.1) is 12.2 Å². The largest absolute Gasteiger partial charge is 0.340 e. The van der Waals surface area contributed by atoms with Gasteiger partial charge in [-0.2, -0.15) is 5.10 Å². The SMILES string of the molecule is CC(=O)N1CCN(Cc2cn(Cc3ccccc3)nc2-c2ccc(C)c(C)c2)CC1. The summed E-state index contributed by atoms with van der Waals surface area (Å²) in [7, 11) is 0. The van der Waals surface area contributed by atoms with Crippen LogP contribution in [0.5, 0.6) is 0 Å². The van der Waals surface area contributed by atoms with Crippen LogP contribution in [0.1, 0.15) is 29.2 Å². The van der Waals surface area contributed by atoms with E-state index in [2.05, 4.69) is 72.1 Å². The van der Waals surface area contributed by atoms with Crippen molar-refractivity contribution in [2.45, 2.75) is 33.9 Å². The molecule has 2 aromatic carbocycles. The zero-order valence-corrected chi connectivity index (χ0v) is 18.1. The monoisotopic (exact) mass is 402 g/mol. The highest BCUT2D eigenvalue weighted by molar-refractivity contribution is 5.73. The number of aryl methyl sites for hydroxylation is 2. The Kier molecular flexibility index (Phi) is 6.00. The Labute approximate surface area is 178 Å². The summed E-state index contributed by atoms with van der Waals surface area (Å²) in [4.78, 5) is 16.0. The number of nitrogens with zero attached hydrogens (tertiary/aromatic N) is 4. The number of hydrogen-bond acceptors (Lipinski definition) is 3. The second-order valence-corrected chi connectivity index (χ2v) is 8.27. The Bertz CT molecular complexity index is 1020. The zero-order valence-electron chi connectivity index (χ0n) is 18.1. The van der Waals surface area contributed by atoms with Gasteiger partial charge in [-0.05, 0) is 36.6 Å². The number of hydrogen-bond donors (Lipinski definition) is 0. The predicted octanol–water partition coefficient (Wildman–Crippen LogP) is 3.88. The summed E-state index contributed by atoms with van der Waals surface area (Å²) in [6.07, 6.45) is 2.19. The molecule has 1 aliphatic heterocycles. The molecule has 4 rings (SSSR count). The Morgan fingerprint density at radius 1 is 0.933 bits per heavy atom. The molecule has 1 saturated heterocycles. The van der Waals surface area contributed by atoms with Crippen molar-refractivity contribution in [3.8, 4) is 11.3 Å². The van der Waals surface area contributed by atoms with Crippen molar-refractivity contribution in [3.63, 3.8) is 0 Å². The van der Waals surface area contributed by atoms with Crippen molar-refractivity contribution < 1.29 is 4.79 Å². The van der Waals surface area contributed by atoms with Crippen molar-refractivity contribution in [1.29, 1.82) is 0 Å². The summed E-state index contributed by atoms with van der Waals surface area (Å²) >= 11 is 0. The van der Waals surface area contributed by atoms with Crippen LogP contribution in [0.15, 0.2) is 54.7 Å². The fraction of sp³-hybridized carbons (Fsp3) is 0.360. The van der Waals surface area contributed by atoms with Gasteiger partial charge in [-0.1, -0.05) is 42.5 Å². The molecule has 156 valence electrons. The van der Waals surface area contributed by atoms with Crippen LogP contribution in [-0.4, -0.2) is 51.7 Å². The Hall–Kier alpha value is -2.92. The van der Waals surface area contributed by atoms with Gasteiger partial charge < -0.3 is 4.90 Å². The Balaban J connectivity index is 1.60. The van der Waals surface area contributed by atoms with E-state index < -0.39 is 0 Å². The first-order chi connectivity index (χ1) is 14.5. The van der Waals surface area contributed by atoms with Gasteiger partial charge in [-0.15, -0.1) is 0 Å². The Morgan fingerprint density at radius 2 is 1.67 bits per heavy atom. The molecule has 5 heteroatoms. The first-order valence-corrected chi connectivity index (χ1v) is 10.7. The van der Waals surface area contributed by atoms with E-state index in [-0.39, 0.29) is 5.91 Å². The van der Waals surface area contributed by atoms with Crippen molar-refractivity contribution in [2.24, 2.45) is 0 Å². The van der Waals surface area contributed by atoms with Crippen LogP contribution in [0.4, 0.5) is 0 Å². The summed E-state index contributed by atoms with van der Waals surface area (Å²) in [6, 6.07) is 17.0. The van der Waals surface area contributed by atoms with Crippen molar-refractivity contribution in [2.75, 3.05) is 26.2 Å². The van der Waals surface area contributed by atoms with Crippen LogP contribution in [0.2, 0.25) is 0 Å². The second-order valence-electron chi connectivity index (χ2n) is 8.27. The quantitative estimate of drug-likeness (QED) is 0.650. The van der Waals surface area contributed by atoms with Crippen LogP contribution in [0.3, 0.4) is 0 Å². The van der Waals surface area contributed by atoms with Gasteiger partial charge in [0.2, 0.25) is 5.91 Å². The molecule has 0 spiro atoms. The number of rotatable bonds is 5. The van der Waals surface area contributed by atoms with E-state index in [0.717, 1.165) is 45.0 Å². The third kappa shape index (κ3) is 4.62. The van der Waals surface area contributed by atoms with Gasteiger partial charge in [-0.3, -0.25) is 14.4 Å². The van der Waals surface area contributed by atoms with E-state index in [0.29, 0.717) is 0 Å². The average molecular weight is 403 g/mol. The van der Waals surface area contributed by atoms with E-state index in [1.807, 2.05) is 11.0 Å². The maximum atomic E-state index is 11.6. The second kappa shape index (κ2) is 8.84. The molecule has 0 saturated carbocycles. The topological polar surface area (TPSA) is 41.4 Å². The lowest BCUT2D eigenvalue weighted by molar-refractivity contribution is -0.130. The fourth-order valence-corrected chi connectivity index (χ4v) is 4.02. The number of aromatic nitrogens is 2. The highest BCUT2D eigenvalue weighted by Gasteiger charge is 2.21. The standard InChI is InChI=1S/C25H30N4O/c1-19-9-10-23(15-20(19)2)25-24(17-27-11-13-28(14-12-27)21(3)30)18-29(26-25)16-22-7-5-4-6-8-22/h4-10,15,18H,11-14,16-17H2,1-3H3. The molecule has 0 bridgehead atoms. The number of carbonyl (C=O) groups is 1. The molecule has 2 heterocycles. The molecule has 3 aromatic rings. The molecule has 0 radical (unpaired) electrons. The third-order valence-corrected chi connectivity index (χ3v) is 6.02. The van der Waals surface area contributed by atoms with E-state index in [1.165, 1.54) is 27.8 Å². The minimum absolute atomic E-state index is 0.168. The van der Waals surface area contributed by atoms with Gasteiger partial charge in [0.25, 0.3) is 0 Å². The van der Waals surface area contributed by atoms with Gasteiger partial charge in [-0.25, -0.2) is 0 Å². The van der Waals surface area contributed by atoms with E-state index in [1.54, 1.807) is 6.92 Å². The van der Waals surface area contributed by atoms with E-state index in [4.69, 9.17) is 5.10 Å². The number of amides is 1. The fourth-order valence-electron chi connectivity index (χ4n) is 4.02. The smallest absolute Gasteiger partial charge is 0.219 e. The van der Waals surface area contributed by atoms with Crippen molar-refractivity contribution in [3.05, 3.63) is 77.0 Å². The van der Waals surface area contributed by atoms with Crippen molar-refractivity contribution >= 4 is 5.91 Å². The molecule has 1 amide bonds. The highest BCUT2D eigenvalue weighted by atomic mass is 16.2. The first kappa shape index (κ1) is 20.4. The molecule has 0 N–H and O–H groups in total. The van der Waals surface area contributed by atoms with E-state index >= 15 is 0 Å². The number of piperazine rings is 1. The molecule has 5 nitrogen and oxygen atoms in total. The number of carbonyl (C=O) groups excluding carboxylic acids is 1. The van der Waals surface area contributed by atoms with Gasteiger partial charge in [0.1, 0.15) is 0 Å². The van der Waals surface area contributed by atoms with Crippen LogP contribution >= 0.6 is 0 Å². The van der Waals surface area contributed by atoms with Crippen LogP contribution in [-0.2, 0) is 17.9 Å². The molecule has 1 fully saturated rings. The zero-order chi connectivity index (χ0) is 21.1. The maximum absolute atomic E-state index is 11.6. The van der Waals surface area contributed by atoms with Gasteiger partial charge >= 0.3 is 0 Å². The van der Waals surface area contributed by atoms with Crippen LogP contribution in [0, 0.1) is 13.8 Å². The minimum Gasteiger partial charge on any atom is -0.340 e. The summed E-state index contributed by atoms with van der Waals surface area (Å²) in [5, 5.41) is 4.98. The average Bonchev–Trinajstić information content (AvgIpc) is 3.13. The van der Waals surface area contributed by atoms with Crippen molar-refractivity contribution in [1.82, 2.24) is 19.6 Å². The number of benzene rings is 2.